The van der Waals surface area contributed by atoms with Gasteiger partial charge in [-0.3, -0.25) is 14.6 Å². The van der Waals surface area contributed by atoms with E-state index in [1.54, 1.807) is 0 Å². The average Bonchev–Trinajstić information content (AvgIpc) is 3.40. The zero-order chi connectivity index (χ0) is 21.2. The first kappa shape index (κ1) is 21.4. The summed E-state index contributed by atoms with van der Waals surface area (Å²) >= 11 is 0. The van der Waals surface area contributed by atoms with E-state index < -0.39 is 10.1 Å². The third-order valence-electron chi connectivity index (χ3n) is 5.35. The highest BCUT2D eigenvalue weighted by atomic mass is 32.2. The number of aromatic amines is 1. The molecule has 0 bridgehead atoms. The fraction of sp³-hybridized carbons (Fsp3) is 0.429. The minimum Gasteiger partial charge on any atom is -0.327 e. The SMILES string of the molecule is CCC(N)C(C)c1ccc(-c2ccc3[nH]ncc3c2C2CC2)nc1.CS(=O)(=O)O. The first-order chi connectivity index (χ1) is 13.7. The molecule has 7 nitrogen and oxygen atoms in total. The smallest absolute Gasteiger partial charge is 0.261 e. The van der Waals surface area contributed by atoms with Crippen molar-refractivity contribution in [3.8, 4) is 11.3 Å². The summed E-state index contributed by atoms with van der Waals surface area (Å²) < 4.78 is 25.9. The molecule has 0 aliphatic heterocycles. The molecule has 3 aromatic rings. The standard InChI is InChI=1S/C20H24N4.CH4O3S/c1-3-17(21)12(2)14-6-8-18(22-10-14)15-7-9-19-16(11-23-24-19)20(15)13-4-5-13;1-5(2,3)4/h6-13,17H,3-5,21H2,1-2H3,(H,23,24);1H3,(H,2,3,4). The predicted molar refractivity (Wildman–Crippen MR) is 115 cm³/mol. The molecule has 1 aliphatic rings. The number of nitrogens with one attached hydrogen (secondary N) is 1. The summed E-state index contributed by atoms with van der Waals surface area (Å²) in [6.45, 7) is 4.31. The van der Waals surface area contributed by atoms with E-state index >= 15 is 0 Å². The fourth-order valence-corrected chi connectivity index (χ4v) is 3.51. The molecular weight excluding hydrogens is 388 g/mol. The van der Waals surface area contributed by atoms with E-state index in [1.807, 2.05) is 12.4 Å². The summed E-state index contributed by atoms with van der Waals surface area (Å²) in [4.78, 5) is 4.76. The largest absolute Gasteiger partial charge is 0.327 e. The Balaban J connectivity index is 0.000000431. The van der Waals surface area contributed by atoms with Gasteiger partial charge in [0.2, 0.25) is 0 Å². The van der Waals surface area contributed by atoms with Crippen LogP contribution < -0.4 is 5.73 Å². The average molecular weight is 417 g/mol. The number of hydrogen-bond acceptors (Lipinski definition) is 5. The molecule has 1 fully saturated rings. The molecule has 2 aromatic heterocycles. The van der Waals surface area contributed by atoms with E-state index in [9.17, 15) is 8.42 Å². The topological polar surface area (TPSA) is 122 Å². The van der Waals surface area contributed by atoms with Gasteiger partial charge in [-0.25, -0.2) is 0 Å². The predicted octanol–water partition coefficient (Wildman–Crippen LogP) is 3.85. The third-order valence-corrected chi connectivity index (χ3v) is 5.35. The second kappa shape index (κ2) is 8.61. The molecule has 1 aromatic carbocycles. The number of nitrogens with two attached hydrogens (primary N) is 1. The van der Waals surface area contributed by atoms with E-state index in [-0.39, 0.29) is 6.04 Å². The minimum atomic E-state index is -3.67. The lowest BCUT2D eigenvalue weighted by molar-refractivity contribution is 0.490. The Hall–Kier alpha value is -2.29. The number of fused-ring (bicyclic) bond motifs is 1. The van der Waals surface area contributed by atoms with Crippen molar-refractivity contribution in [2.45, 2.75) is 51.0 Å². The second-order valence-electron chi connectivity index (χ2n) is 7.70. The van der Waals surface area contributed by atoms with Crippen molar-refractivity contribution >= 4 is 21.0 Å². The van der Waals surface area contributed by atoms with Gasteiger partial charge >= 0.3 is 0 Å². The van der Waals surface area contributed by atoms with Crippen molar-refractivity contribution in [1.29, 1.82) is 0 Å². The molecule has 8 heteroatoms. The van der Waals surface area contributed by atoms with Gasteiger partial charge in [0.1, 0.15) is 0 Å². The summed E-state index contributed by atoms with van der Waals surface area (Å²) in [5, 5.41) is 8.53. The van der Waals surface area contributed by atoms with Gasteiger partial charge in [-0.05, 0) is 54.4 Å². The summed E-state index contributed by atoms with van der Waals surface area (Å²) in [7, 11) is -3.67. The van der Waals surface area contributed by atoms with Gasteiger partial charge in [-0.2, -0.15) is 13.5 Å². The number of aromatic nitrogens is 3. The van der Waals surface area contributed by atoms with Crippen molar-refractivity contribution in [2.24, 2.45) is 5.73 Å². The molecule has 0 saturated heterocycles. The highest BCUT2D eigenvalue weighted by Gasteiger charge is 2.29. The maximum Gasteiger partial charge on any atom is 0.261 e. The Bertz CT molecular complexity index is 1070. The highest BCUT2D eigenvalue weighted by molar-refractivity contribution is 7.85. The van der Waals surface area contributed by atoms with Gasteiger partial charge in [0.05, 0.1) is 23.7 Å². The van der Waals surface area contributed by atoms with Crippen LogP contribution in [0.4, 0.5) is 0 Å². The molecule has 4 N–H and O–H groups in total. The van der Waals surface area contributed by atoms with E-state index in [0.29, 0.717) is 18.1 Å². The van der Waals surface area contributed by atoms with Crippen molar-refractivity contribution in [3.05, 3.63) is 47.8 Å². The van der Waals surface area contributed by atoms with Crippen LogP contribution >= 0.6 is 0 Å². The molecule has 2 unspecified atom stereocenters. The number of hydrogen-bond donors (Lipinski definition) is 3. The van der Waals surface area contributed by atoms with Crippen molar-refractivity contribution in [3.63, 3.8) is 0 Å². The summed E-state index contributed by atoms with van der Waals surface area (Å²) in [5.74, 6) is 0.978. The highest BCUT2D eigenvalue weighted by Crippen LogP contribution is 2.47. The van der Waals surface area contributed by atoms with Crippen molar-refractivity contribution in [1.82, 2.24) is 15.2 Å². The third kappa shape index (κ3) is 5.41. The molecule has 0 spiro atoms. The van der Waals surface area contributed by atoms with Gasteiger partial charge in [0, 0.05) is 23.2 Å². The number of H-pyrrole nitrogens is 1. The van der Waals surface area contributed by atoms with E-state index in [0.717, 1.165) is 17.6 Å². The quantitative estimate of drug-likeness (QED) is 0.543. The van der Waals surface area contributed by atoms with Crippen LogP contribution in [-0.4, -0.2) is 40.4 Å². The Morgan fingerprint density at radius 1 is 1.24 bits per heavy atom. The maximum atomic E-state index is 9.19. The van der Waals surface area contributed by atoms with Crippen LogP contribution in [0.2, 0.25) is 0 Å². The first-order valence-electron chi connectivity index (χ1n) is 9.79. The molecule has 29 heavy (non-hydrogen) atoms. The lowest BCUT2D eigenvalue weighted by Crippen LogP contribution is -2.25. The van der Waals surface area contributed by atoms with Crippen LogP contribution in [0.25, 0.3) is 22.2 Å². The number of nitrogens with zero attached hydrogens (tertiary/aromatic N) is 2. The Morgan fingerprint density at radius 3 is 2.48 bits per heavy atom. The van der Waals surface area contributed by atoms with Crippen molar-refractivity contribution < 1.29 is 13.0 Å². The summed E-state index contributed by atoms with van der Waals surface area (Å²) in [6.07, 6.45) is 8.16. The van der Waals surface area contributed by atoms with Gasteiger partial charge in [-0.15, -0.1) is 0 Å². The number of pyridine rings is 1. The van der Waals surface area contributed by atoms with Crippen LogP contribution in [0.3, 0.4) is 0 Å². The maximum absolute atomic E-state index is 9.19. The fourth-order valence-electron chi connectivity index (χ4n) is 3.51. The van der Waals surface area contributed by atoms with Crippen LogP contribution in [-0.2, 0) is 10.1 Å². The van der Waals surface area contributed by atoms with E-state index in [1.165, 1.54) is 34.9 Å². The number of rotatable bonds is 5. The molecule has 4 rings (SSSR count). The van der Waals surface area contributed by atoms with E-state index in [4.69, 9.17) is 15.3 Å². The monoisotopic (exact) mass is 416 g/mol. The summed E-state index contributed by atoms with van der Waals surface area (Å²) in [6, 6.07) is 8.79. The van der Waals surface area contributed by atoms with Crippen LogP contribution in [0.5, 0.6) is 0 Å². The zero-order valence-electron chi connectivity index (χ0n) is 17.0. The molecule has 0 amide bonds. The molecule has 156 valence electrons. The van der Waals surface area contributed by atoms with Crippen molar-refractivity contribution in [2.75, 3.05) is 6.26 Å². The van der Waals surface area contributed by atoms with E-state index in [2.05, 4.69) is 48.3 Å². The zero-order valence-corrected chi connectivity index (χ0v) is 17.8. The summed E-state index contributed by atoms with van der Waals surface area (Å²) in [5.41, 5.74) is 12.2. The molecule has 1 aliphatic carbocycles. The van der Waals surface area contributed by atoms with Crippen LogP contribution in [0, 0.1) is 0 Å². The molecule has 2 heterocycles. The molecule has 1 saturated carbocycles. The lowest BCUT2D eigenvalue weighted by Gasteiger charge is -2.18. The van der Waals surface area contributed by atoms with Gasteiger partial charge in [0.25, 0.3) is 10.1 Å². The van der Waals surface area contributed by atoms with Crippen LogP contribution in [0.1, 0.15) is 56.1 Å². The Kier molecular flexibility index (Phi) is 6.36. The Morgan fingerprint density at radius 2 is 1.93 bits per heavy atom. The molecule has 2 atom stereocenters. The second-order valence-corrected chi connectivity index (χ2v) is 9.17. The van der Waals surface area contributed by atoms with Gasteiger partial charge in [0.15, 0.2) is 0 Å². The molecule has 0 radical (unpaired) electrons. The molecular formula is C21H28N4O3S. The van der Waals surface area contributed by atoms with Gasteiger partial charge < -0.3 is 5.73 Å². The first-order valence-corrected chi connectivity index (χ1v) is 11.6. The minimum absolute atomic E-state index is 0.182. The van der Waals surface area contributed by atoms with Crippen LogP contribution in [0.15, 0.2) is 36.7 Å². The number of benzene rings is 1. The van der Waals surface area contributed by atoms with Gasteiger partial charge in [-0.1, -0.05) is 26.0 Å². The Labute approximate surface area is 171 Å². The normalized spacial score (nSPS) is 16.2. The lowest BCUT2D eigenvalue weighted by atomic mass is 9.92.